The highest BCUT2D eigenvalue weighted by Gasteiger charge is 2.35. The third-order valence-corrected chi connectivity index (χ3v) is 5.48. The topological polar surface area (TPSA) is 79.7 Å². The maximum Gasteiger partial charge on any atom is 0.337 e. The predicted molar refractivity (Wildman–Crippen MR) is 117 cm³/mol. The van der Waals surface area contributed by atoms with Gasteiger partial charge in [-0.1, -0.05) is 18.2 Å². The van der Waals surface area contributed by atoms with E-state index < -0.39 is 17.7 Å². The van der Waals surface area contributed by atoms with Gasteiger partial charge < -0.3 is 9.84 Å². The number of carbonyl (C=O) groups is 2. The first-order valence-electron chi connectivity index (χ1n) is 10.3. The molecule has 0 spiro atoms. The summed E-state index contributed by atoms with van der Waals surface area (Å²) in [5.41, 5.74) is 5.38. The molecule has 0 radical (unpaired) electrons. The van der Waals surface area contributed by atoms with Crippen molar-refractivity contribution in [2.75, 3.05) is 11.4 Å². The molecule has 1 aromatic heterocycles. The second kappa shape index (κ2) is 8.19. The van der Waals surface area contributed by atoms with Crippen molar-refractivity contribution in [3.63, 3.8) is 0 Å². The summed E-state index contributed by atoms with van der Waals surface area (Å²) in [7, 11) is 0. The Bertz CT molecular complexity index is 992. The van der Waals surface area contributed by atoms with Crippen molar-refractivity contribution in [1.29, 1.82) is 0 Å². The number of aryl methyl sites for hydroxylation is 3. The van der Waals surface area contributed by atoms with Crippen molar-refractivity contribution in [2.24, 2.45) is 0 Å². The number of carboxylic acid groups (broad SMARTS) is 1. The summed E-state index contributed by atoms with van der Waals surface area (Å²) < 4.78 is 6.06. The Morgan fingerprint density at radius 2 is 1.93 bits per heavy atom. The van der Waals surface area contributed by atoms with Crippen LogP contribution in [0.15, 0.2) is 18.2 Å². The van der Waals surface area contributed by atoms with Gasteiger partial charge in [0.2, 0.25) is 6.41 Å². The van der Waals surface area contributed by atoms with Gasteiger partial charge in [-0.2, -0.15) is 0 Å². The van der Waals surface area contributed by atoms with Crippen LogP contribution in [0.2, 0.25) is 0 Å². The zero-order valence-corrected chi connectivity index (χ0v) is 18.6. The van der Waals surface area contributed by atoms with Gasteiger partial charge in [-0.15, -0.1) is 0 Å². The fourth-order valence-corrected chi connectivity index (χ4v) is 4.00. The molecular formula is C24H30N2O4. The fraction of sp³-hybridized carbons (Fsp3) is 0.458. The number of amides is 1. The van der Waals surface area contributed by atoms with Crippen LogP contribution in [0.1, 0.15) is 61.2 Å². The van der Waals surface area contributed by atoms with E-state index in [0.29, 0.717) is 30.0 Å². The number of nitrogens with zero attached hydrogens (tertiary/aromatic N) is 2. The van der Waals surface area contributed by atoms with E-state index in [4.69, 9.17) is 9.72 Å². The van der Waals surface area contributed by atoms with Crippen LogP contribution in [0, 0.1) is 20.8 Å². The average Bonchev–Trinajstić information content (AvgIpc) is 2.66. The van der Waals surface area contributed by atoms with Gasteiger partial charge in [-0.3, -0.25) is 9.69 Å². The molecule has 6 nitrogen and oxygen atoms in total. The van der Waals surface area contributed by atoms with Crippen LogP contribution in [0.25, 0.3) is 11.1 Å². The number of ether oxygens (including phenoxy) is 1. The molecule has 1 aromatic carbocycles. The molecule has 1 aliphatic heterocycles. The lowest BCUT2D eigenvalue weighted by Gasteiger charge is -2.33. The van der Waals surface area contributed by atoms with Crippen molar-refractivity contribution in [3.05, 3.63) is 46.1 Å². The van der Waals surface area contributed by atoms with E-state index in [2.05, 4.69) is 6.07 Å². The summed E-state index contributed by atoms with van der Waals surface area (Å²) >= 11 is 0. The smallest absolute Gasteiger partial charge is 0.337 e. The number of fused-ring (bicyclic) bond motifs is 1. The molecule has 30 heavy (non-hydrogen) atoms. The van der Waals surface area contributed by atoms with Crippen molar-refractivity contribution in [3.8, 4) is 11.1 Å². The Hall–Kier alpha value is -2.73. The van der Waals surface area contributed by atoms with Crippen molar-refractivity contribution < 1.29 is 19.4 Å². The lowest BCUT2D eigenvalue weighted by molar-refractivity contribution is -0.160. The maximum absolute atomic E-state index is 12.4. The number of carboxylic acids is 1. The zero-order valence-electron chi connectivity index (χ0n) is 18.6. The summed E-state index contributed by atoms with van der Waals surface area (Å²) in [4.78, 5) is 30.4. The molecule has 1 amide bonds. The zero-order chi connectivity index (χ0) is 22.2. The van der Waals surface area contributed by atoms with E-state index in [0.717, 1.165) is 40.6 Å². The highest BCUT2D eigenvalue weighted by Crippen LogP contribution is 2.42. The molecule has 160 valence electrons. The Balaban J connectivity index is 2.37. The second-order valence-corrected chi connectivity index (χ2v) is 8.94. The van der Waals surface area contributed by atoms with Crippen LogP contribution in [-0.4, -0.2) is 34.6 Å². The number of pyridine rings is 1. The number of aromatic nitrogens is 1. The van der Waals surface area contributed by atoms with Gasteiger partial charge in [0.05, 0.1) is 5.60 Å². The normalized spacial score (nSPS) is 14.9. The maximum atomic E-state index is 12.4. The Kier molecular flexibility index (Phi) is 5.99. The molecule has 1 aliphatic rings. The molecular weight excluding hydrogens is 380 g/mol. The first kappa shape index (κ1) is 22.0. The summed E-state index contributed by atoms with van der Waals surface area (Å²) in [5.74, 6) is -0.508. The van der Waals surface area contributed by atoms with E-state index in [1.165, 1.54) is 0 Å². The number of benzene rings is 1. The number of hydrogen-bond acceptors (Lipinski definition) is 4. The number of rotatable bonds is 5. The van der Waals surface area contributed by atoms with Gasteiger partial charge in [0, 0.05) is 28.9 Å². The highest BCUT2D eigenvalue weighted by molar-refractivity contribution is 5.86. The Morgan fingerprint density at radius 3 is 2.50 bits per heavy atom. The Morgan fingerprint density at radius 1 is 1.23 bits per heavy atom. The van der Waals surface area contributed by atoms with E-state index in [9.17, 15) is 14.7 Å². The standard InChI is InChI=1S/C24H30N2O4/c1-14-9-10-17(12-15(14)2)19-16(3)25-22-18(8-7-11-26(22)13-27)20(19)21(23(28)29)30-24(4,5)6/h9-10,12-13,21H,7-8,11H2,1-6H3,(H,28,29). The van der Waals surface area contributed by atoms with Crippen molar-refractivity contribution in [1.82, 2.24) is 4.98 Å². The number of anilines is 1. The number of carbonyl (C=O) groups excluding carboxylic acids is 1. The molecule has 0 aliphatic carbocycles. The van der Waals surface area contributed by atoms with Crippen LogP contribution < -0.4 is 4.90 Å². The average molecular weight is 411 g/mol. The predicted octanol–water partition coefficient (Wildman–Crippen LogP) is 4.52. The van der Waals surface area contributed by atoms with Crippen LogP contribution in [0.4, 0.5) is 5.82 Å². The van der Waals surface area contributed by atoms with Gasteiger partial charge in [0.15, 0.2) is 6.10 Å². The largest absolute Gasteiger partial charge is 0.479 e. The monoisotopic (exact) mass is 410 g/mol. The third-order valence-electron chi connectivity index (χ3n) is 5.48. The molecule has 0 saturated heterocycles. The molecule has 6 heteroatoms. The van der Waals surface area contributed by atoms with Crippen LogP contribution in [0.5, 0.6) is 0 Å². The fourth-order valence-electron chi connectivity index (χ4n) is 4.00. The molecule has 1 N–H and O–H groups in total. The number of aliphatic carboxylic acids is 1. The first-order chi connectivity index (χ1) is 14.0. The molecule has 3 rings (SSSR count). The van der Waals surface area contributed by atoms with E-state index in [1.807, 2.05) is 53.7 Å². The molecule has 0 saturated carbocycles. The molecule has 2 aromatic rings. The van der Waals surface area contributed by atoms with E-state index in [-0.39, 0.29) is 0 Å². The van der Waals surface area contributed by atoms with Crippen molar-refractivity contribution >= 4 is 18.2 Å². The number of hydrogen-bond donors (Lipinski definition) is 1. The molecule has 0 fully saturated rings. The summed E-state index contributed by atoms with van der Waals surface area (Å²) in [6.07, 6.45) is 1.00. The van der Waals surface area contributed by atoms with Crippen molar-refractivity contribution in [2.45, 2.75) is 66.1 Å². The summed E-state index contributed by atoms with van der Waals surface area (Å²) in [5, 5.41) is 10.1. The summed E-state index contributed by atoms with van der Waals surface area (Å²) in [6.45, 7) is 12.0. The summed E-state index contributed by atoms with van der Waals surface area (Å²) in [6, 6.07) is 6.09. The quantitative estimate of drug-likeness (QED) is 0.733. The van der Waals surface area contributed by atoms with Crippen LogP contribution in [0.3, 0.4) is 0 Å². The van der Waals surface area contributed by atoms with Crippen LogP contribution in [-0.2, 0) is 20.7 Å². The minimum atomic E-state index is -1.16. The van der Waals surface area contributed by atoms with E-state index >= 15 is 0 Å². The first-order valence-corrected chi connectivity index (χ1v) is 10.3. The lowest BCUT2D eigenvalue weighted by atomic mass is 9.86. The van der Waals surface area contributed by atoms with Gasteiger partial charge in [-0.05, 0) is 71.1 Å². The SMILES string of the molecule is Cc1ccc(-c2c(C)nc3c(c2C(OC(C)(C)C)C(=O)O)CCCN3C=O)cc1C. The molecule has 1 unspecified atom stereocenters. The van der Waals surface area contributed by atoms with Gasteiger partial charge in [0.1, 0.15) is 5.82 Å². The van der Waals surface area contributed by atoms with E-state index in [1.54, 1.807) is 4.90 Å². The molecule has 0 bridgehead atoms. The third kappa shape index (κ3) is 4.24. The Labute approximate surface area is 177 Å². The molecule has 1 atom stereocenters. The van der Waals surface area contributed by atoms with Gasteiger partial charge in [0.25, 0.3) is 0 Å². The van der Waals surface area contributed by atoms with Gasteiger partial charge in [-0.25, -0.2) is 9.78 Å². The minimum Gasteiger partial charge on any atom is -0.479 e. The minimum absolute atomic E-state index is 0.542. The van der Waals surface area contributed by atoms with Gasteiger partial charge >= 0.3 is 5.97 Å². The second-order valence-electron chi connectivity index (χ2n) is 8.94. The molecule has 2 heterocycles. The highest BCUT2D eigenvalue weighted by atomic mass is 16.5. The van der Waals surface area contributed by atoms with Crippen LogP contribution >= 0.6 is 0 Å². The lowest BCUT2D eigenvalue weighted by Crippen LogP contribution is -2.33.